The molecule has 1 atom stereocenters. The standard InChI is InChI=1S/C10H11F3O2S/c1-7(10(11,12)13)4-5-15-9(14)8-3-2-6-16-8/h2-3,6-7H,4-5H2,1H3. The quantitative estimate of drug-likeness (QED) is 0.767. The lowest BCUT2D eigenvalue weighted by molar-refractivity contribution is -0.173. The average molecular weight is 252 g/mol. The van der Waals surface area contributed by atoms with Crippen molar-refractivity contribution >= 4 is 17.3 Å². The summed E-state index contributed by atoms with van der Waals surface area (Å²) in [6.45, 7) is 0.858. The predicted molar refractivity (Wildman–Crippen MR) is 54.4 cm³/mol. The lowest BCUT2D eigenvalue weighted by Crippen LogP contribution is -2.21. The lowest BCUT2D eigenvalue weighted by atomic mass is 10.1. The summed E-state index contributed by atoms with van der Waals surface area (Å²) in [6.07, 6.45) is -4.43. The number of thiophene rings is 1. The molecule has 1 unspecified atom stereocenters. The smallest absolute Gasteiger partial charge is 0.391 e. The van der Waals surface area contributed by atoms with Crippen molar-refractivity contribution in [2.45, 2.75) is 19.5 Å². The third-order valence-corrected chi connectivity index (χ3v) is 2.92. The zero-order valence-electron chi connectivity index (χ0n) is 8.58. The van der Waals surface area contributed by atoms with Gasteiger partial charge in [0.15, 0.2) is 0 Å². The van der Waals surface area contributed by atoms with Gasteiger partial charge in [-0.3, -0.25) is 0 Å². The maximum atomic E-state index is 12.1. The molecule has 90 valence electrons. The fourth-order valence-corrected chi connectivity index (χ4v) is 1.57. The Labute approximate surface area is 95.0 Å². The van der Waals surface area contributed by atoms with Gasteiger partial charge in [-0.05, 0) is 17.9 Å². The van der Waals surface area contributed by atoms with Gasteiger partial charge in [-0.1, -0.05) is 13.0 Å². The van der Waals surface area contributed by atoms with Crippen LogP contribution < -0.4 is 0 Å². The molecule has 0 radical (unpaired) electrons. The van der Waals surface area contributed by atoms with Crippen LogP contribution in [-0.2, 0) is 4.74 Å². The lowest BCUT2D eigenvalue weighted by Gasteiger charge is -2.14. The van der Waals surface area contributed by atoms with Crippen molar-refractivity contribution in [3.05, 3.63) is 22.4 Å². The van der Waals surface area contributed by atoms with E-state index in [1.54, 1.807) is 17.5 Å². The molecule has 0 aliphatic rings. The molecular formula is C10H11F3O2S. The van der Waals surface area contributed by atoms with Crippen molar-refractivity contribution in [2.75, 3.05) is 6.61 Å². The zero-order valence-corrected chi connectivity index (χ0v) is 9.40. The molecule has 0 aliphatic carbocycles. The molecule has 0 fully saturated rings. The SMILES string of the molecule is CC(CCOC(=O)c1cccs1)C(F)(F)F. The van der Waals surface area contributed by atoms with Crippen molar-refractivity contribution in [1.82, 2.24) is 0 Å². The molecule has 0 saturated heterocycles. The molecule has 1 aromatic rings. The first-order valence-electron chi connectivity index (χ1n) is 4.68. The number of esters is 1. The van der Waals surface area contributed by atoms with Crippen LogP contribution in [0.5, 0.6) is 0 Å². The average Bonchev–Trinajstić information content (AvgIpc) is 2.68. The summed E-state index contributed by atoms with van der Waals surface area (Å²) in [6, 6.07) is 3.25. The third kappa shape index (κ3) is 3.84. The number of rotatable bonds is 4. The maximum Gasteiger partial charge on any atom is 0.391 e. The number of carbonyl (C=O) groups is 1. The highest BCUT2D eigenvalue weighted by molar-refractivity contribution is 7.11. The second-order valence-corrected chi connectivity index (χ2v) is 4.29. The van der Waals surface area contributed by atoms with E-state index >= 15 is 0 Å². The Bertz CT molecular complexity index is 332. The van der Waals surface area contributed by atoms with Gasteiger partial charge in [0.1, 0.15) is 4.88 Å². The molecule has 16 heavy (non-hydrogen) atoms. The van der Waals surface area contributed by atoms with E-state index < -0.39 is 18.1 Å². The molecule has 1 aromatic heterocycles. The molecule has 0 spiro atoms. The van der Waals surface area contributed by atoms with E-state index in [-0.39, 0.29) is 13.0 Å². The van der Waals surface area contributed by atoms with Gasteiger partial charge in [-0.15, -0.1) is 11.3 Å². The van der Waals surface area contributed by atoms with Gasteiger partial charge >= 0.3 is 12.1 Å². The Hall–Kier alpha value is -1.04. The van der Waals surface area contributed by atoms with Crippen molar-refractivity contribution in [3.63, 3.8) is 0 Å². The highest BCUT2D eigenvalue weighted by Gasteiger charge is 2.35. The molecular weight excluding hydrogens is 241 g/mol. The minimum atomic E-state index is -4.23. The first-order chi connectivity index (χ1) is 7.41. The third-order valence-electron chi connectivity index (χ3n) is 2.07. The molecule has 1 rings (SSSR count). The van der Waals surface area contributed by atoms with Crippen molar-refractivity contribution in [3.8, 4) is 0 Å². The first kappa shape index (κ1) is 13.0. The van der Waals surface area contributed by atoms with Crippen LogP contribution >= 0.6 is 11.3 Å². The molecule has 0 bridgehead atoms. The van der Waals surface area contributed by atoms with Gasteiger partial charge in [0.05, 0.1) is 12.5 Å². The largest absolute Gasteiger partial charge is 0.461 e. The van der Waals surface area contributed by atoms with Gasteiger partial charge in [0.2, 0.25) is 0 Å². The Kier molecular flexibility index (Phi) is 4.35. The summed E-state index contributed by atoms with van der Waals surface area (Å²) in [5.41, 5.74) is 0. The number of carbonyl (C=O) groups excluding carboxylic acids is 1. The van der Waals surface area contributed by atoms with E-state index in [0.29, 0.717) is 4.88 Å². The van der Waals surface area contributed by atoms with Crippen LogP contribution in [-0.4, -0.2) is 18.8 Å². The Balaban J connectivity index is 2.29. The molecule has 1 heterocycles. The van der Waals surface area contributed by atoms with Crippen LogP contribution in [0.2, 0.25) is 0 Å². The van der Waals surface area contributed by atoms with Crippen LogP contribution in [0.3, 0.4) is 0 Å². The van der Waals surface area contributed by atoms with Crippen LogP contribution in [0, 0.1) is 5.92 Å². The molecule has 0 aromatic carbocycles. The van der Waals surface area contributed by atoms with Gasteiger partial charge in [-0.2, -0.15) is 13.2 Å². The van der Waals surface area contributed by atoms with Crippen LogP contribution in [0.1, 0.15) is 23.0 Å². The topological polar surface area (TPSA) is 26.3 Å². The minimum absolute atomic E-state index is 0.208. The maximum absolute atomic E-state index is 12.1. The van der Waals surface area contributed by atoms with Crippen molar-refractivity contribution in [2.24, 2.45) is 5.92 Å². The number of hydrogen-bond donors (Lipinski definition) is 0. The summed E-state index contributed by atoms with van der Waals surface area (Å²) >= 11 is 1.20. The number of halogens is 3. The summed E-state index contributed by atoms with van der Waals surface area (Å²) in [5.74, 6) is -2.02. The summed E-state index contributed by atoms with van der Waals surface area (Å²) in [5, 5.41) is 1.70. The first-order valence-corrected chi connectivity index (χ1v) is 5.56. The van der Waals surface area contributed by atoms with Gasteiger partial charge in [-0.25, -0.2) is 4.79 Å². The van der Waals surface area contributed by atoms with E-state index in [4.69, 9.17) is 4.74 Å². The molecule has 0 aliphatic heterocycles. The normalized spacial score (nSPS) is 13.5. The molecule has 0 saturated carbocycles. The summed E-state index contributed by atoms with van der Waals surface area (Å²) in [7, 11) is 0. The fraction of sp³-hybridized carbons (Fsp3) is 0.500. The number of ether oxygens (including phenoxy) is 1. The number of hydrogen-bond acceptors (Lipinski definition) is 3. The van der Waals surface area contributed by atoms with Gasteiger partial charge in [0.25, 0.3) is 0 Å². The van der Waals surface area contributed by atoms with Crippen LogP contribution in [0.15, 0.2) is 17.5 Å². The molecule has 6 heteroatoms. The van der Waals surface area contributed by atoms with Crippen LogP contribution in [0.4, 0.5) is 13.2 Å². The zero-order chi connectivity index (χ0) is 12.2. The molecule has 2 nitrogen and oxygen atoms in total. The predicted octanol–water partition coefficient (Wildman–Crippen LogP) is 3.49. The fourth-order valence-electron chi connectivity index (χ4n) is 0.958. The summed E-state index contributed by atoms with van der Waals surface area (Å²) in [4.78, 5) is 11.6. The van der Waals surface area contributed by atoms with Gasteiger partial charge < -0.3 is 4.74 Å². The second-order valence-electron chi connectivity index (χ2n) is 3.34. The molecule has 0 N–H and O–H groups in total. The van der Waals surface area contributed by atoms with E-state index in [1.165, 1.54) is 11.3 Å². The minimum Gasteiger partial charge on any atom is -0.461 e. The molecule has 0 amide bonds. The van der Waals surface area contributed by atoms with E-state index in [0.717, 1.165) is 6.92 Å². The van der Waals surface area contributed by atoms with Gasteiger partial charge in [0, 0.05) is 0 Å². The van der Waals surface area contributed by atoms with Crippen LogP contribution in [0.25, 0.3) is 0 Å². The van der Waals surface area contributed by atoms with Crippen molar-refractivity contribution in [1.29, 1.82) is 0 Å². The highest BCUT2D eigenvalue weighted by Crippen LogP contribution is 2.28. The van der Waals surface area contributed by atoms with Crippen molar-refractivity contribution < 1.29 is 22.7 Å². The van der Waals surface area contributed by atoms with E-state index in [1.807, 2.05) is 0 Å². The second kappa shape index (κ2) is 5.34. The Morgan fingerprint density at radius 3 is 2.75 bits per heavy atom. The Morgan fingerprint density at radius 2 is 2.25 bits per heavy atom. The summed E-state index contributed by atoms with van der Waals surface area (Å²) < 4.78 is 41.0. The number of alkyl halides is 3. The Morgan fingerprint density at radius 1 is 1.56 bits per heavy atom. The van der Waals surface area contributed by atoms with E-state index in [2.05, 4.69) is 0 Å². The monoisotopic (exact) mass is 252 g/mol. The highest BCUT2D eigenvalue weighted by atomic mass is 32.1. The van der Waals surface area contributed by atoms with E-state index in [9.17, 15) is 18.0 Å².